The summed E-state index contributed by atoms with van der Waals surface area (Å²) < 4.78 is 0. The Balaban J connectivity index is 2.10. The number of rotatable bonds is 3. The molecule has 0 aliphatic carbocycles. The molecule has 17 heavy (non-hydrogen) atoms. The van der Waals surface area contributed by atoms with Crippen LogP contribution in [0.3, 0.4) is 0 Å². The van der Waals surface area contributed by atoms with Crippen LogP contribution in [0, 0.1) is 6.92 Å². The molecule has 0 radical (unpaired) electrons. The Morgan fingerprint density at radius 2 is 2.29 bits per heavy atom. The van der Waals surface area contributed by atoms with E-state index in [9.17, 15) is 4.79 Å². The lowest BCUT2D eigenvalue weighted by molar-refractivity contribution is -0.137. The Morgan fingerprint density at radius 1 is 1.53 bits per heavy atom. The molecule has 1 aromatic rings. The van der Waals surface area contributed by atoms with Crippen molar-refractivity contribution in [2.24, 2.45) is 0 Å². The standard InChI is InChI=1S/C13H18N2O2/c1-9-6-10-8-15(5-3-13(16)17)4-2-11(10)12(14)7-9/h6-7H,2-5,8,14H2,1H3,(H,16,17). The first-order chi connectivity index (χ1) is 8.06. The minimum Gasteiger partial charge on any atom is -0.481 e. The van der Waals surface area contributed by atoms with Crippen molar-refractivity contribution in [2.45, 2.75) is 26.3 Å². The van der Waals surface area contributed by atoms with E-state index in [1.54, 1.807) is 0 Å². The molecule has 1 aromatic carbocycles. The number of anilines is 1. The summed E-state index contributed by atoms with van der Waals surface area (Å²) in [6.45, 7) is 4.36. The van der Waals surface area contributed by atoms with Crippen molar-refractivity contribution in [3.63, 3.8) is 0 Å². The summed E-state index contributed by atoms with van der Waals surface area (Å²) in [5.74, 6) is -0.737. The molecule has 2 rings (SSSR count). The summed E-state index contributed by atoms with van der Waals surface area (Å²) in [6, 6.07) is 4.16. The van der Waals surface area contributed by atoms with Crippen LogP contribution in [0.4, 0.5) is 5.69 Å². The highest BCUT2D eigenvalue weighted by molar-refractivity contribution is 5.66. The topological polar surface area (TPSA) is 66.6 Å². The molecular formula is C13H18N2O2. The van der Waals surface area contributed by atoms with Crippen LogP contribution in [0.1, 0.15) is 23.1 Å². The SMILES string of the molecule is Cc1cc(N)c2c(c1)CN(CCC(=O)O)CC2. The number of carboxylic acid groups (broad SMARTS) is 1. The molecule has 4 nitrogen and oxygen atoms in total. The van der Waals surface area contributed by atoms with E-state index >= 15 is 0 Å². The van der Waals surface area contributed by atoms with Crippen LogP contribution in [0.15, 0.2) is 12.1 Å². The zero-order valence-corrected chi connectivity index (χ0v) is 10.1. The van der Waals surface area contributed by atoms with Crippen LogP contribution in [0.2, 0.25) is 0 Å². The fourth-order valence-corrected chi connectivity index (χ4v) is 2.40. The van der Waals surface area contributed by atoms with Crippen LogP contribution in [0.5, 0.6) is 0 Å². The van der Waals surface area contributed by atoms with E-state index in [0.29, 0.717) is 6.54 Å². The molecule has 92 valence electrons. The fraction of sp³-hybridized carbons (Fsp3) is 0.462. The van der Waals surface area contributed by atoms with Crippen molar-refractivity contribution in [3.8, 4) is 0 Å². The third-order valence-electron chi connectivity index (χ3n) is 3.24. The molecule has 1 aliphatic heterocycles. The van der Waals surface area contributed by atoms with Gasteiger partial charge in [-0.3, -0.25) is 9.69 Å². The third-order valence-corrected chi connectivity index (χ3v) is 3.24. The van der Waals surface area contributed by atoms with Gasteiger partial charge in [0.05, 0.1) is 6.42 Å². The first-order valence-corrected chi connectivity index (χ1v) is 5.88. The molecule has 0 atom stereocenters. The van der Waals surface area contributed by atoms with Gasteiger partial charge in [0.15, 0.2) is 0 Å². The average Bonchev–Trinajstić information content (AvgIpc) is 2.25. The molecule has 0 spiro atoms. The number of carbonyl (C=O) groups is 1. The van der Waals surface area contributed by atoms with E-state index in [2.05, 4.69) is 11.0 Å². The summed E-state index contributed by atoms with van der Waals surface area (Å²) >= 11 is 0. The van der Waals surface area contributed by atoms with Gasteiger partial charge in [0, 0.05) is 25.3 Å². The lowest BCUT2D eigenvalue weighted by atomic mass is 9.96. The summed E-state index contributed by atoms with van der Waals surface area (Å²) in [5.41, 5.74) is 10.5. The molecule has 0 saturated carbocycles. The molecule has 0 saturated heterocycles. The minimum atomic E-state index is -0.737. The maximum absolute atomic E-state index is 10.5. The van der Waals surface area contributed by atoms with E-state index in [0.717, 1.165) is 25.2 Å². The van der Waals surface area contributed by atoms with Crippen molar-refractivity contribution >= 4 is 11.7 Å². The van der Waals surface area contributed by atoms with Crippen molar-refractivity contribution < 1.29 is 9.90 Å². The lowest BCUT2D eigenvalue weighted by Gasteiger charge is -2.29. The molecule has 0 unspecified atom stereocenters. The number of hydrogen-bond donors (Lipinski definition) is 2. The zero-order valence-electron chi connectivity index (χ0n) is 10.1. The quantitative estimate of drug-likeness (QED) is 0.776. The number of fused-ring (bicyclic) bond motifs is 1. The first kappa shape index (κ1) is 11.9. The van der Waals surface area contributed by atoms with Crippen LogP contribution in [0.25, 0.3) is 0 Å². The van der Waals surface area contributed by atoms with E-state index in [-0.39, 0.29) is 6.42 Å². The average molecular weight is 234 g/mol. The number of hydrogen-bond acceptors (Lipinski definition) is 3. The van der Waals surface area contributed by atoms with Gasteiger partial charge in [0.2, 0.25) is 0 Å². The predicted molar refractivity (Wildman–Crippen MR) is 66.8 cm³/mol. The van der Waals surface area contributed by atoms with Gasteiger partial charge in [-0.1, -0.05) is 6.07 Å². The maximum Gasteiger partial charge on any atom is 0.304 e. The summed E-state index contributed by atoms with van der Waals surface area (Å²) in [4.78, 5) is 12.7. The van der Waals surface area contributed by atoms with Gasteiger partial charge in [0.25, 0.3) is 0 Å². The Kier molecular flexibility index (Phi) is 3.33. The Hall–Kier alpha value is -1.55. The van der Waals surface area contributed by atoms with Crippen molar-refractivity contribution in [1.82, 2.24) is 4.90 Å². The second-order valence-electron chi connectivity index (χ2n) is 4.66. The summed E-state index contributed by atoms with van der Waals surface area (Å²) in [6.07, 6.45) is 1.12. The molecule has 4 heteroatoms. The largest absolute Gasteiger partial charge is 0.481 e. The van der Waals surface area contributed by atoms with Gasteiger partial charge >= 0.3 is 5.97 Å². The molecular weight excluding hydrogens is 216 g/mol. The predicted octanol–water partition coefficient (Wildman–Crippen LogP) is 1.41. The van der Waals surface area contributed by atoms with Gasteiger partial charge in [-0.25, -0.2) is 0 Å². The normalized spacial score (nSPS) is 15.6. The number of nitrogens with two attached hydrogens (primary N) is 1. The van der Waals surface area contributed by atoms with Crippen molar-refractivity contribution in [3.05, 3.63) is 28.8 Å². The molecule has 0 amide bonds. The second-order valence-corrected chi connectivity index (χ2v) is 4.66. The monoisotopic (exact) mass is 234 g/mol. The number of aliphatic carboxylic acids is 1. The summed E-state index contributed by atoms with van der Waals surface area (Å²) in [5, 5.41) is 8.68. The van der Waals surface area contributed by atoms with Crippen LogP contribution >= 0.6 is 0 Å². The molecule has 0 aromatic heterocycles. The molecule has 0 fully saturated rings. The highest BCUT2D eigenvalue weighted by Gasteiger charge is 2.18. The minimum absolute atomic E-state index is 0.205. The van der Waals surface area contributed by atoms with Gasteiger partial charge < -0.3 is 10.8 Å². The molecule has 3 N–H and O–H groups in total. The van der Waals surface area contributed by atoms with Gasteiger partial charge in [0.1, 0.15) is 0 Å². The third kappa shape index (κ3) is 2.77. The smallest absolute Gasteiger partial charge is 0.304 e. The molecule has 1 heterocycles. The van der Waals surface area contributed by atoms with Gasteiger partial charge in [-0.05, 0) is 36.1 Å². The zero-order chi connectivity index (χ0) is 12.4. The lowest BCUT2D eigenvalue weighted by Crippen LogP contribution is -2.32. The van der Waals surface area contributed by atoms with E-state index < -0.39 is 5.97 Å². The Morgan fingerprint density at radius 3 is 3.00 bits per heavy atom. The molecule has 1 aliphatic rings. The van der Waals surface area contributed by atoms with Crippen LogP contribution in [-0.4, -0.2) is 29.1 Å². The van der Waals surface area contributed by atoms with Crippen molar-refractivity contribution in [1.29, 1.82) is 0 Å². The number of benzene rings is 1. The Labute approximate surface area is 101 Å². The van der Waals surface area contributed by atoms with E-state index in [1.165, 1.54) is 16.7 Å². The van der Waals surface area contributed by atoms with Crippen molar-refractivity contribution in [2.75, 3.05) is 18.8 Å². The van der Waals surface area contributed by atoms with E-state index in [1.807, 2.05) is 13.0 Å². The first-order valence-electron chi connectivity index (χ1n) is 5.88. The number of nitrogen functional groups attached to an aromatic ring is 1. The van der Waals surface area contributed by atoms with Gasteiger partial charge in [-0.2, -0.15) is 0 Å². The second kappa shape index (κ2) is 4.75. The molecule has 0 bridgehead atoms. The van der Waals surface area contributed by atoms with Gasteiger partial charge in [-0.15, -0.1) is 0 Å². The highest BCUT2D eigenvalue weighted by Crippen LogP contribution is 2.25. The van der Waals surface area contributed by atoms with E-state index in [4.69, 9.17) is 10.8 Å². The van der Waals surface area contributed by atoms with Crippen LogP contribution < -0.4 is 5.73 Å². The maximum atomic E-state index is 10.5. The Bertz CT molecular complexity index is 443. The number of carboxylic acids is 1. The number of aryl methyl sites for hydroxylation is 1. The van der Waals surface area contributed by atoms with Crippen LogP contribution in [-0.2, 0) is 17.8 Å². The summed E-state index contributed by atoms with van der Waals surface area (Å²) in [7, 11) is 0. The fourth-order valence-electron chi connectivity index (χ4n) is 2.40. The number of nitrogens with zero attached hydrogens (tertiary/aromatic N) is 1. The highest BCUT2D eigenvalue weighted by atomic mass is 16.4.